The molecule has 8 heteroatoms. The molecule has 0 amide bonds. The van der Waals surface area contributed by atoms with E-state index < -0.39 is 0 Å². The van der Waals surface area contributed by atoms with Crippen LogP contribution in [0.4, 0.5) is 5.82 Å². The molecule has 0 bridgehead atoms. The Morgan fingerprint density at radius 3 is 3.09 bits per heavy atom. The maximum absolute atomic E-state index is 4.83. The third-order valence-corrected chi connectivity index (χ3v) is 5.03. The number of aromatic nitrogens is 7. The molecular weight excluding hydrogens is 292 g/mol. The summed E-state index contributed by atoms with van der Waals surface area (Å²) in [5.41, 5.74) is 0.837. The summed E-state index contributed by atoms with van der Waals surface area (Å²) < 4.78 is 3.87. The van der Waals surface area contributed by atoms with E-state index in [1.807, 2.05) is 21.5 Å². The van der Waals surface area contributed by atoms with E-state index in [0.717, 1.165) is 43.1 Å². The average Bonchev–Trinajstić information content (AvgIpc) is 3.33. The highest BCUT2D eigenvalue weighted by Crippen LogP contribution is 2.48. The van der Waals surface area contributed by atoms with Crippen molar-refractivity contribution in [2.24, 2.45) is 0 Å². The van der Waals surface area contributed by atoms with Crippen molar-refractivity contribution in [2.45, 2.75) is 31.7 Å². The van der Waals surface area contributed by atoms with Gasteiger partial charge in [-0.15, -0.1) is 10.2 Å². The Morgan fingerprint density at radius 2 is 2.26 bits per heavy atom. The summed E-state index contributed by atoms with van der Waals surface area (Å²) in [6.45, 7) is 3.19. The molecule has 1 unspecified atom stereocenters. The van der Waals surface area contributed by atoms with Crippen LogP contribution in [0.2, 0.25) is 0 Å². The van der Waals surface area contributed by atoms with E-state index in [-0.39, 0.29) is 5.54 Å². The molecule has 5 rings (SSSR count). The standard InChI is InChI=1S/C15H16N8/c1-2-15-4-3-6-23(15)12-11(22-10-18-20-13(15)22)8-17-14(19-12)21-7-5-16-9-21/h5,7-10H,2-4,6H2,1H3. The van der Waals surface area contributed by atoms with Crippen molar-refractivity contribution in [1.29, 1.82) is 0 Å². The number of nitrogens with zero attached hydrogens (tertiary/aromatic N) is 8. The normalized spacial score (nSPS) is 21.9. The van der Waals surface area contributed by atoms with Crippen molar-refractivity contribution in [3.05, 3.63) is 37.1 Å². The van der Waals surface area contributed by atoms with Crippen LogP contribution < -0.4 is 4.90 Å². The maximum Gasteiger partial charge on any atom is 0.236 e. The fourth-order valence-electron chi connectivity index (χ4n) is 3.90. The number of fused-ring (bicyclic) bond motifs is 6. The van der Waals surface area contributed by atoms with Gasteiger partial charge in [-0.1, -0.05) is 6.92 Å². The van der Waals surface area contributed by atoms with Gasteiger partial charge < -0.3 is 4.90 Å². The number of hydrogen-bond acceptors (Lipinski definition) is 6. The molecule has 0 spiro atoms. The summed E-state index contributed by atoms with van der Waals surface area (Å²) in [5, 5.41) is 8.56. The van der Waals surface area contributed by atoms with Gasteiger partial charge in [0.2, 0.25) is 5.95 Å². The van der Waals surface area contributed by atoms with Gasteiger partial charge in [0.25, 0.3) is 0 Å². The number of hydrogen-bond donors (Lipinski definition) is 0. The predicted molar refractivity (Wildman–Crippen MR) is 82.6 cm³/mol. The molecule has 2 aliphatic rings. The molecule has 8 nitrogen and oxygen atoms in total. The molecule has 0 N–H and O–H groups in total. The van der Waals surface area contributed by atoms with Crippen molar-refractivity contribution >= 4 is 5.82 Å². The van der Waals surface area contributed by atoms with E-state index in [9.17, 15) is 0 Å². The zero-order valence-electron chi connectivity index (χ0n) is 12.8. The second kappa shape index (κ2) is 4.37. The highest BCUT2D eigenvalue weighted by Gasteiger charge is 2.49. The smallest absolute Gasteiger partial charge is 0.236 e. The van der Waals surface area contributed by atoms with Gasteiger partial charge in [0.15, 0.2) is 11.6 Å². The van der Waals surface area contributed by atoms with Crippen LogP contribution in [0.5, 0.6) is 0 Å². The van der Waals surface area contributed by atoms with Crippen molar-refractivity contribution < 1.29 is 0 Å². The minimum atomic E-state index is -0.107. The Bertz CT molecular complexity index is 867. The largest absolute Gasteiger partial charge is 0.342 e. The van der Waals surface area contributed by atoms with E-state index in [1.54, 1.807) is 18.9 Å². The van der Waals surface area contributed by atoms with Gasteiger partial charge in [-0.3, -0.25) is 9.13 Å². The Morgan fingerprint density at radius 1 is 1.30 bits per heavy atom. The molecular formula is C15H16N8. The lowest BCUT2D eigenvalue weighted by Crippen LogP contribution is -2.46. The van der Waals surface area contributed by atoms with Crippen molar-refractivity contribution in [3.8, 4) is 11.6 Å². The molecule has 1 saturated heterocycles. The van der Waals surface area contributed by atoms with E-state index in [2.05, 4.69) is 32.0 Å². The van der Waals surface area contributed by atoms with Gasteiger partial charge >= 0.3 is 0 Å². The van der Waals surface area contributed by atoms with E-state index >= 15 is 0 Å². The van der Waals surface area contributed by atoms with Crippen LogP contribution >= 0.6 is 0 Å². The third-order valence-electron chi connectivity index (χ3n) is 5.03. The van der Waals surface area contributed by atoms with Gasteiger partial charge in [0, 0.05) is 18.9 Å². The van der Waals surface area contributed by atoms with Gasteiger partial charge in [-0.25, -0.2) is 9.97 Å². The first-order valence-electron chi connectivity index (χ1n) is 7.87. The van der Waals surface area contributed by atoms with E-state index in [1.165, 1.54) is 0 Å². The molecule has 5 heterocycles. The molecule has 0 aromatic carbocycles. The quantitative estimate of drug-likeness (QED) is 0.713. The first-order valence-corrected chi connectivity index (χ1v) is 7.87. The maximum atomic E-state index is 4.83. The zero-order valence-corrected chi connectivity index (χ0v) is 12.8. The van der Waals surface area contributed by atoms with Crippen molar-refractivity contribution in [2.75, 3.05) is 11.4 Å². The van der Waals surface area contributed by atoms with Crippen LogP contribution in [-0.4, -0.2) is 40.8 Å². The Labute approximate surface area is 132 Å². The number of rotatable bonds is 2. The Kier molecular flexibility index (Phi) is 2.42. The van der Waals surface area contributed by atoms with Crippen LogP contribution in [0.3, 0.4) is 0 Å². The van der Waals surface area contributed by atoms with Gasteiger partial charge in [-0.05, 0) is 19.3 Å². The summed E-state index contributed by atoms with van der Waals surface area (Å²) in [5.74, 6) is 2.59. The second-order valence-corrected chi connectivity index (χ2v) is 6.01. The first kappa shape index (κ1) is 12.7. The van der Waals surface area contributed by atoms with Crippen LogP contribution in [0.1, 0.15) is 32.0 Å². The van der Waals surface area contributed by atoms with Crippen molar-refractivity contribution in [3.63, 3.8) is 0 Å². The molecule has 116 valence electrons. The first-order chi connectivity index (χ1) is 11.3. The highest BCUT2D eigenvalue weighted by molar-refractivity contribution is 5.64. The van der Waals surface area contributed by atoms with Crippen LogP contribution in [0.25, 0.3) is 11.6 Å². The lowest BCUT2D eigenvalue weighted by molar-refractivity contribution is 0.382. The Hall–Kier alpha value is -2.77. The minimum absolute atomic E-state index is 0.107. The average molecular weight is 308 g/mol. The fraction of sp³-hybridized carbons (Fsp3) is 0.400. The summed E-state index contributed by atoms with van der Waals surface area (Å²) in [6, 6.07) is 0. The topological polar surface area (TPSA) is 77.5 Å². The van der Waals surface area contributed by atoms with Crippen LogP contribution in [0, 0.1) is 0 Å². The van der Waals surface area contributed by atoms with Gasteiger partial charge in [0.05, 0.1) is 6.20 Å². The monoisotopic (exact) mass is 308 g/mol. The summed E-state index contributed by atoms with van der Waals surface area (Å²) in [7, 11) is 0. The SMILES string of the molecule is CCC12CCCN1c1nc(-n3ccnc3)ncc1-n1cnnc12. The number of imidazole rings is 1. The molecule has 2 aliphatic heterocycles. The van der Waals surface area contributed by atoms with Gasteiger partial charge in [-0.2, -0.15) is 4.98 Å². The molecule has 0 radical (unpaired) electrons. The lowest BCUT2D eigenvalue weighted by atomic mass is 9.90. The van der Waals surface area contributed by atoms with Crippen LogP contribution in [-0.2, 0) is 5.54 Å². The minimum Gasteiger partial charge on any atom is -0.342 e. The van der Waals surface area contributed by atoms with E-state index in [4.69, 9.17) is 4.98 Å². The molecule has 3 aromatic heterocycles. The van der Waals surface area contributed by atoms with E-state index in [0.29, 0.717) is 5.95 Å². The molecule has 3 aromatic rings. The van der Waals surface area contributed by atoms with Gasteiger partial charge in [0.1, 0.15) is 23.9 Å². The molecule has 1 fully saturated rings. The molecule has 0 aliphatic carbocycles. The second-order valence-electron chi connectivity index (χ2n) is 6.01. The molecule has 1 atom stereocenters. The predicted octanol–water partition coefficient (Wildman–Crippen LogP) is 1.46. The number of anilines is 1. The zero-order chi connectivity index (χ0) is 15.4. The highest BCUT2D eigenvalue weighted by atomic mass is 15.4. The van der Waals surface area contributed by atoms with Crippen LogP contribution in [0.15, 0.2) is 31.2 Å². The summed E-state index contributed by atoms with van der Waals surface area (Å²) >= 11 is 0. The lowest BCUT2D eigenvalue weighted by Gasteiger charge is -2.42. The summed E-state index contributed by atoms with van der Waals surface area (Å²) in [6.07, 6.45) is 12.1. The molecule has 0 saturated carbocycles. The summed E-state index contributed by atoms with van der Waals surface area (Å²) in [4.78, 5) is 15.8. The molecule has 23 heavy (non-hydrogen) atoms. The van der Waals surface area contributed by atoms with Crippen molar-refractivity contribution in [1.82, 2.24) is 34.3 Å². The Balaban J connectivity index is 1.77. The third kappa shape index (κ3) is 1.52. The fourth-order valence-corrected chi connectivity index (χ4v) is 3.90.